The molecule has 1 aromatic rings. The number of nitrogens with two attached hydrogens (primary N) is 1. The standard InChI is InChI=1S/C7H11N3O2S3/c8-15(11,12)4-3-13-7-9-6(10-14-7)5-1-2-5/h5H,1-4H2,(H2,8,11,12). The lowest BCUT2D eigenvalue weighted by molar-refractivity contribution is 0.599. The molecule has 1 fully saturated rings. The zero-order valence-electron chi connectivity index (χ0n) is 7.92. The van der Waals surface area contributed by atoms with Crippen molar-refractivity contribution in [2.24, 2.45) is 5.14 Å². The third kappa shape index (κ3) is 3.71. The van der Waals surface area contributed by atoms with Crippen molar-refractivity contribution in [3.8, 4) is 0 Å². The molecule has 1 saturated carbocycles. The molecule has 1 heterocycles. The van der Waals surface area contributed by atoms with Crippen LogP contribution in [-0.2, 0) is 10.0 Å². The van der Waals surface area contributed by atoms with Crippen LogP contribution in [0.4, 0.5) is 0 Å². The molecular formula is C7H11N3O2S3. The van der Waals surface area contributed by atoms with E-state index in [4.69, 9.17) is 5.14 Å². The Balaban J connectivity index is 1.83. The summed E-state index contributed by atoms with van der Waals surface area (Å²) in [5, 5.41) is 4.89. The van der Waals surface area contributed by atoms with E-state index in [0.29, 0.717) is 11.7 Å². The minimum atomic E-state index is -3.36. The fourth-order valence-electron chi connectivity index (χ4n) is 1.03. The van der Waals surface area contributed by atoms with Crippen molar-refractivity contribution in [1.82, 2.24) is 9.36 Å². The molecule has 1 aliphatic carbocycles. The first-order chi connectivity index (χ1) is 7.04. The maximum atomic E-state index is 10.7. The van der Waals surface area contributed by atoms with Crippen LogP contribution in [0.1, 0.15) is 24.6 Å². The topological polar surface area (TPSA) is 85.9 Å². The van der Waals surface area contributed by atoms with Crippen LogP contribution in [0.3, 0.4) is 0 Å². The van der Waals surface area contributed by atoms with Crippen molar-refractivity contribution in [3.05, 3.63) is 5.82 Å². The lowest BCUT2D eigenvalue weighted by atomic mass is 10.4. The van der Waals surface area contributed by atoms with Crippen LogP contribution in [0, 0.1) is 0 Å². The zero-order valence-corrected chi connectivity index (χ0v) is 10.4. The van der Waals surface area contributed by atoms with Crippen molar-refractivity contribution in [2.75, 3.05) is 11.5 Å². The van der Waals surface area contributed by atoms with E-state index in [9.17, 15) is 8.42 Å². The van der Waals surface area contributed by atoms with Gasteiger partial charge in [0.15, 0.2) is 4.34 Å². The molecule has 1 aliphatic rings. The minimum Gasteiger partial charge on any atom is -0.229 e. The average Bonchev–Trinajstić information content (AvgIpc) is 2.86. The summed E-state index contributed by atoms with van der Waals surface area (Å²) in [7, 11) is -3.36. The molecule has 2 rings (SSSR count). The number of hydrogen-bond acceptors (Lipinski definition) is 6. The van der Waals surface area contributed by atoms with Crippen LogP contribution in [0.15, 0.2) is 4.34 Å². The average molecular weight is 265 g/mol. The van der Waals surface area contributed by atoms with E-state index < -0.39 is 10.0 Å². The first kappa shape index (κ1) is 11.3. The normalized spacial score (nSPS) is 16.9. The van der Waals surface area contributed by atoms with Gasteiger partial charge in [-0.15, -0.1) is 0 Å². The summed E-state index contributed by atoms with van der Waals surface area (Å²) in [5.41, 5.74) is 0. The predicted octanol–water partition coefficient (Wildman–Crippen LogP) is 0.796. The Hall–Kier alpha value is -0.180. The quantitative estimate of drug-likeness (QED) is 0.796. The molecule has 5 nitrogen and oxygen atoms in total. The summed E-state index contributed by atoms with van der Waals surface area (Å²) in [6.45, 7) is 0. The molecule has 0 radical (unpaired) electrons. The van der Waals surface area contributed by atoms with Gasteiger partial charge in [0.1, 0.15) is 5.82 Å². The van der Waals surface area contributed by atoms with Crippen molar-refractivity contribution >= 4 is 33.3 Å². The summed E-state index contributed by atoms with van der Waals surface area (Å²) < 4.78 is 26.4. The van der Waals surface area contributed by atoms with Gasteiger partial charge in [0.2, 0.25) is 10.0 Å². The summed E-state index contributed by atoms with van der Waals surface area (Å²) >= 11 is 2.73. The fraction of sp³-hybridized carbons (Fsp3) is 0.714. The van der Waals surface area contributed by atoms with Gasteiger partial charge >= 0.3 is 0 Å². The van der Waals surface area contributed by atoms with Crippen molar-refractivity contribution in [3.63, 3.8) is 0 Å². The Bertz CT molecular complexity index is 438. The first-order valence-corrected chi connectivity index (χ1v) is 7.99. The highest BCUT2D eigenvalue weighted by Crippen LogP contribution is 2.39. The largest absolute Gasteiger partial charge is 0.229 e. The second kappa shape index (κ2) is 4.36. The Morgan fingerprint density at radius 1 is 1.53 bits per heavy atom. The number of rotatable bonds is 5. The minimum absolute atomic E-state index is 0.0178. The van der Waals surface area contributed by atoms with Crippen molar-refractivity contribution in [1.29, 1.82) is 0 Å². The van der Waals surface area contributed by atoms with Crippen LogP contribution >= 0.6 is 23.3 Å². The van der Waals surface area contributed by atoms with Gasteiger partial charge in [-0.3, -0.25) is 0 Å². The van der Waals surface area contributed by atoms with E-state index in [1.54, 1.807) is 0 Å². The number of aromatic nitrogens is 2. The van der Waals surface area contributed by atoms with E-state index in [1.807, 2.05) is 0 Å². The van der Waals surface area contributed by atoms with Crippen LogP contribution in [0.2, 0.25) is 0 Å². The number of thioether (sulfide) groups is 1. The SMILES string of the molecule is NS(=O)(=O)CCSc1nc(C2CC2)ns1. The zero-order chi connectivity index (χ0) is 10.9. The van der Waals surface area contributed by atoms with Gasteiger partial charge in [0.05, 0.1) is 5.75 Å². The van der Waals surface area contributed by atoms with Crippen LogP contribution in [0.25, 0.3) is 0 Å². The second-order valence-electron chi connectivity index (χ2n) is 3.41. The Morgan fingerprint density at radius 2 is 2.27 bits per heavy atom. The Labute approximate surface area is 96.7 Å². The van der Waals surface area contributed by atoms with Crippen LogP contribution in [-0.4, -0.2) is 29.3 Å². The number of nitrogens with zero attached hydrogens (tertiary/aromatic N) is 2. The van der Waals surface area contributed by atoms with Crippen molar-refractivity contribution < 1.29 is 8.42 Å². The lowest BCUT2D eigenvalue weighted by Crippen LogP contribution is -2.17. The number of hydrogen-bond donors (Lipinski definition) is 1. The van der Waals surface area contributed by atoms with Gasteiger partial charge in [0, 0.05) is 11.7 Å². The molecule has 0 amide bonds. The smallest absolute Gasteiger partial charge is 0.209 e. The first-order valence-electron chi connectivity index (χ1n) is 4.51. The van der Waals surface area contributed by atoms with Gasteiger partial charge < -0.3 is 0 Å². The Kier molecular flexibility index (Phi) is 3.29. The second-order valence-corrected chi connectivity index (χ2v) is 7.24. The summed E-state index contributed by atoms with van der Waals surface area (Å²) in [4.78, 5) is 4.33. The lowest BCUT2D eigenvalue weighted by Gasteiger charge is -1.94. The van der Waals surface area contributed by atoms with Gasteiger partial charge in [0.25, 0.3) is 0 Å². The monoisotopic (exact) mass is 265 g/mol. The molecule has 15 heavy (non-hydrogen) atoms. The molecule has 0 saturated heterocycles. The van der Waals surface area contributed by atoms with E-state index in [2.05, 4.69) is 9.36 Å². The van der Waals surface area contributed by atoms with Crippen molar-refractivity contribution in [2.45, 2.75) is 23.1 Å². The van der Waals surface area contributed by atoms with E-state index in [0.717, 1.165) is 10.2 Å². The van der Waals surface area contributed by atoms with Gasteiger partial charge in [-0.05, 0) is 24.4 Å². The highest BCUT2D eigenvalue weighted by atomic mass is 32.2. The Morgan fingerprint density at radius 3 is 2.87 bits per heavy atom. The molecule has 2 N–H and O–H groups in total. The maximum absolute atomic E-state index is 10.7. The maximum Gasteiger partial charge on any atom is 0.209 e. The third-order valence-electron chi connectivity index (χ3n) is 1.96. The summed E-state index contributed by atoms with van der Waals surface area (Å²) in [6.07, 6.45) is 2.36. The number of primary sulfonamides is 1. The molecule has 0 bridgehead atoms. The molecule has 1 aromatic heterocycles. The van der Waals surface area contributed by atoms with Gasteiger partial charge in [-0.1, -0.05) is 11.8 Å². The van der Waals surface area contributed by atoms with Gasteiger partial charge in [-0.2, -0.15) is 4.37 Å². The molecule has 8 heteroatoms. The molecule has 0 atom stereocenters. The fourth-order valence-corrected chi connectivity index (χ4v) is 3.70. The molecule has 0 unspecified atom stereocenters. The predicted molar refractivity (Wildman–Crippen MR) is 60.6 cm³/mol. The summed E-state index contributed by atoms with van der Waals surface area (Å²) in [6, 6.07) is 0. The molecule has 0 spiro atoms. The molecule has 0 aromatic carbocycles. The summed E-state index contributed by atoms with van der Waals surface area (Å²) in [5.74, 6) is 1.89. The highest BCUT2D eigenvalue weighted by molar-refractivity contribution is 8.01. The molecule has 84 valence electrons. The van der Waals surface area contributed by atoms with E-state index >= 15 is 0 Å². The van der Waals surface area contributed by atoms with Crippen LogP contribution < -0.4 is 5.14 Å². The molecule has 0 aliphatic heterocycles. The molecular weight excluding hydrogens is 254 g/mol. The highest BCUT2D eigenvalue weighted by Gasteiger charge is 2.27. The van der Waals surface area contributed by atoms with E-state index in [1.165, 1.54) is 36.1 Å². The van der Waals surface area contributed by atoms with Gasteiger partial charge in [-0.25, -0.2) is 18.5 Å². The third-order valence-corrected chi connectivity index (χ3v) is 4.84. The number of sulfonamides is 1. The van der Waals surface area contributed by atoms with E-state index in [-0.39, 0.29) is 5.75 Å². The van der Waals surface area contributed by atoms with Crippen LogP contribution in [0.5, 0.6) is 0 Å².